The van der Waals surface area contributed by atoms with Crippen LogP contribution >= 0.6 is 12.4 Å². The van der Waals surface area contributed by atoms with Gasteiger partial charge in [-0.05, 0) is 50.6 Å². The van der Waals surface area contributed by atoms with Crippen LogP contribution in [0, 0.1) is 0 Å². The van der Waals surface area contributed by atoms with Crippen molar-refractivity contribution in [1.29, 1.82) is 0 Å². The van der Waals surface area contributed by atoms with Crippen molar-refractivity contribution in [2.24, 2.45) is 0 Å². The third kappa shape index (κ3) is 5.95. The minimum absolute atomic E-state index is 0. The van der Waals surface area contributed by atoms with Gasteiger partial charge >= 0.3 is 6.03 Å². The normalized spacial score (nSPS) is 18.7. The summed E-state index contributed by atoms with van der Waals surface area (Å²) in [6.07, 6.45) is 2.55. The zero-order valence-corrected chi connectivity index (χ0v) is 18.1. The molecule has 3 amide bonds. The fraction of sp³-hybridized carbons (Fsp3) is 0.524. The SMILES string of the molecule is CCN(CC)c1ccc(/C=C2/NC(=O)N(CCCN3CCNCC3)C2=O)cc1.Cl. The van der Waals surface area contributed by atoms with Crippen LogP contribution < -0.4 is 15.5 Å². The van der Waals surface area contributed by atoms with E-state index in [1.165, 1.54) is 4.90 Å². The molecule has 8 heteroatoms. The molecule has 160 valence electrons. The summed E-state index contributed by atoms with van der Waals surface area (Å²) in [5.74, 6) is -0.238. The fourth-order valence-corrected chi connectivity index (χ4v) is 3.70. The molecule has 2 heterocycles. The first-order valence-electron chi connectivity index (χ1n) is 10.2. The largest absolute Gasteiger partial charge is 0.372 e. The highest BCUT2D eigenvalue weighted by Gasteiger charge is 2.33. The van der Waals surface area contributed by atoms with Gasteiger partial charge in [-0.3, -0.25) is 9.69 Å². The Morgan fingerprint density at radius 2 is 1.69 bits per heavy atom. The first-order chi connectivity index (χ1) is 13.6. The number of carbonyl (C=O) groups excluding carboxylic acids is 2. The van der Waals surface area contributed by atoms with Crippen LogP contribution in [0.5, 0.6) is 0 Å². The highest BCUT2D eigenvalue weighted by atomic mass is 35.5. The number of benzene rings is 1. The number of nitrogens with zero attached hydrogens (tertiary/aromatic N) is 3. The highest BCUT2D eigenvalue weighted by Crippen LogP contribution is 2.18. The molecule has 29 heavy (non-hydrogen) atoms. The summed E-state index contributed by atoms with van der Waals surface area (Å²) in [7, 11) is 0. The van der Waals surface area contributed by atoms with Crippen molar-refractivity contribution in [2.45, 2.75) is 20.3 Å². The molecule has 0 atom stereocenters. The number of carbonyl (C=O) groups is 2. The van der Waals surface area contributed by atoms with Gasteiger partial charge in [0.2, 0.25) is 0 Å². The predicted molar refractivity (Wildman–Crippen MR) is 119 cm³/mol. The van der Waals surface area contributed by atoms with Crippen LogP contribution in [0.15, 0.2) is 30.0 Å². The number of imide groups is 1. The summed E-state index contributed by atoms with van der Waals surface area (Å²) in [6.45, 7) is 11.6. The molecular formula is C21H32ClN5O2. The molecule has 0 aliphatic carbocycles. The molecule has 1 aromatic carbocycles. The number of piperazine rings is 1. The van der Waals surface area contributed by atoms with Crippen molar-refractivity contribution in [1.82, 2.24) is 20.4 Å². The molecule has 1 aromatic rings. The Hall–Kier alpha value is -2.09. The van der Waals surface area contributed by atoms with Crippen LogP contribution in [0.25, 0.3) is 6.08 Å². The van der Waals surface area contributed by atoms with E-state index in [1.54, 1.807) is 6.08 Å². The van der Waals surface area contributed by atoms with Crippen molar-refractivity contribution < 1.29 is 9.59 Å². The maximum atomic E-state index is 12.6. The third-order valence-electron chi connectivity index (χ3n) is 5.36. The molecular weight excluding hydrogens is 390 g/mol. The van der Waals surface area contributed by atoms with Crippen LogP contribution in [0.1, 0.15) is 25.8 Å². The van der Waals surface area contributed by atoms with Gasteiger partial charge in [-0.2, -0.15) is 0 Å². The molecule has 0 radical (unpaired) electrons. The Kier molecular flexibility index (Phi) is 8.95. The Balaban J connectivity index is 0.00000300. The zero-order chi connectivity index (χ0) is 19.9. The summed E-state index contributed by atoms with van der Waals surface area (Å²) in [5, 5.41) is 6.04. The van der Waals surface area contributed by atoms with Crippen LogP contribution in [0.2, 0.25) is 0 Å². The molecule has 2 aliphatic rings. The fourth-order valence-electron chi connectivity index (χ4n) is 3.70. The average molecular weight is 422 g/mol. The summed E-state index contributed by atoms with van der Waals surface area (Å²) >= 11 is 0. The number of nitrogens with one attached hydrogen (secondary N) is 2. The number of hydrogen-bond acceptors (Lipinski definition) is 5. The minimum atomic E-state index is -0.323. The van der Waals surface area contributed by atoms with Gasteiger partial charge in [0.1, 0.15) is 5.70 Å². The molecule has 0 saturated carbocycles. The number of anilines is 1. The van der Waals surface area contributed by atoms with Gasteiger partial charge in [0.25, 0.3) is 5.91 Å². The van der Waals surface area contributed by atoms with Crippen molar-refractivity contribution in [3.8, 4) is 0 Å². The van der Waals surface area contributed by atoms with E-state index in [2.05, 4.69) is 34.3 Å². The van der Waals surface area contributed by atoms with Crippen molar-refractivity contribution >= 4 is 36.1 Å². The van der Waals surface area contributed by atoms with Crippen LogP contribution in [-0.4, -0.2) is 74.1 Å². The smallest absolute Gasteiger partial charge is 0.329 e. The lowest BCUT2D eigenvalue weighted by Gasteiger charge is -2.27. The van der Waals surface area contributed by atoms with E-state index in [4.69, 9.17) is 0 Å². The molecule has 0 spiro atoms. The molecule has 0 bridgehead atoms. The van der Waals surface area contributed by atoms with Gasteiger partial charge in [0.05, 0.1) is 0 Å². The summed E-state index contributed by atoms with van der Waals surface area (Å²) < 4.78 is 0. The maximum absolute atomic E-state index is 12.6. The number of hydrogen-bond donors (Lipinski definition) is 2. The lowest BCUT2D eigenvalue weighted by atomic mass is 10.1. The van der Waals surface area contributed by atoms with Crippen LogP contribution in [0.3, 0.4) is 0 Å². The van der Waals surface area contributed by atoms with Gasteiger partial charge in [-0.25, -0.2) is 4.79 Å². The molecule has 2 N–H and O–H groups in total. The molecule has 0 unspecified atom stereocenters. The monoisotopic (exact) mass is 421 g/mol. The van der Waals surface area contributed by atoms with E-state index >= 15 is 0 Å². The van der Waals surface area contributed by atoms with Crippen LogP contribution in [-0.2, 0) is 4.79 Å². The first-order valence-corrected chi connectivity index (χ1v) is 10.2. The number of halogens is 1. The van der Waals surface area contributed by atoms with E-state index in [-0.39, 0.29) is 24.3 Å². The second-order valence-electron chi connectivity index (χ2n) is 7.15. The molecule has 2 fully saturated rings. The van der Waals surface area contributed by atoms with Crippen molar-refractivity contribution in [2.75, 3.05) is 57.3 Å². The number of rotatable bonds is 8. The molecule has 7 nitrogen and oxygen atoms in total. The average Bonchev–Trinajstić information content (AvgIpc) is 2.98. The van der Waals surface area contributed by atoms with Crippen molar-refractivity contribution in [3.05, 3.63) is 35.5 Å². The lowest BCUT2D eigenvalue weighted by Crippen LogP contribution is -2.44. The van der Waals surface area contributed by atoms with Gasteiger partial charge in [-0.15, -0.1) is 12.4 Å². The Labute approximate surface area is 179 Å². The molecule has 2 saturated heterocycles. The highest BCUT2D eigenvalue weighted by molar-refractivity contribution is 6.13. The minimum Gasteiger partial charge on any atom is -0.372 e. The Morgan fingerprint density at radius 1 is 1.03 bits per heavy atom. The van der Waals surface area contributed by atoms with Crippen LogP contribution in [0.4, 0.5) is 10.5 Å². The zero-order valence-electron chi connectivity index (χ0n) is 17.3. The van der Waals surface area contributed by atoms with E-state index in [1.807, 2.05) is 24.3 Å². The maximum Gasteiger partial charge on any atom is 0.329 e. The molecule has 3 rings (SSSR count). The number of amides is 3. The second-order valence-corrected chi connectivity index (χ2v) is 7.15. The second kappa shape index (κ2) is 11.2. The predicted octanol–water partition coefficient (Wildman–Crippen LogP) is 2.14. The quantitative estimate of drug-likeness (QED) is 0.497. The van der Waals surface area contributed by atoms with Gasteiger partial charge < -0.3 is 20.4 Å². The topological polar surface area (TPSA) is 67.9 Å². The van der Waals surface area contributed by atoms with E-state index < -0.39 is 0 Å². The Morgan fingerprint density at radius 3 is 2.31 bits per heavy atom. The van der Waals surface area contributed by atoms with Gasteiger partial charge in [0, 0.05) is 51.5 Å². The summed E-state index contributed by atoms with van der Waals surface area (Å²) in [4.78, 5) is 30.8. The van der Waals surface area contributed by atoms with Gasteiger partial charge in [0.15, 0.2) is 0 Å². The summed E-state index contributed by atoms with van der Waals surface area (Å²) in [6, 6.07) is 7.73. The van der Waals surface area contributed by atoms with Crippen molar-refractivity contribution in [3.63, 3.8) is 0 Å². The Bertz CT molecular complexity index is 712. The van der Waals surface area contributed by atoms with E-state index in [0.29, 0.717) is 12.2 Å². The molecule has 2 aliphatic heterocycles. The van der Waals surface area contributed by atoms with Gasteiger partial charge in [-0.1, -0.05) is 12.1 Å². The van der Waals surface area contributed by atoms with E-state index in [0.717, 1.165) is 63.5 Å². The summed E-state index contributed by atoms with van der Waals surface area (Å²) in [5.41, 5.74) is 2.41. The first kappa shape index (κ1) is 23.2. The third-order valence-corrected chi connectivity index (χ3v) is 5.36. The standard InChI is InChI=1S/C21H31N5O2.ClH/c1-3-25(4-2)18-8-6-17(7-9-18)16-19-20(27)26(21(28)23-19)13-5-12-24-14-10-22-11-15-24;/h6-9,16,22H,3-5,10-15H2,1-2H3,(H,23,28);1H/b19-16+;. The van der Waals surface area contributed by atoms with E-state index in [9.17, 15) is 9.59 Å². The molecule has 0 aromatic heterocycles. The lowest BCUT2D eigenvalue weighted by molar-refractivity contribution is -0.122. The number of urea groups is 1.